The fourth-order valence-corrected chi connectivity index (χ4v) is 2.31. The monoisotopic (exact) mass is 285 g/mol. The van der Waals surface area contributed by atoms with Gasteiger partial charge in [0.05, 0.1) is 12.2 Å². The van der Waals surface area contributed by atoms with Crippen molar-refractivity contribution in [2.45, 2.75) is 47.1 Å². The molecule has 0 saturated carbocycles. The van der Waals surface area contributed by atoms with Crippen molar-refractivity contribution in [1.29, 1.82) is 0 Å². The van der Waals surface area contributed by atoms with E-state index in [4.69, 9.17) is 0 Å². The van der Waals surface area contributed by atoms with Crippen LogP contribution in [0.5, 0.6) is 0 Å². The molecule has 0 spiro atoms. The summed E-state index contributed by atoms with van der Waals surface area (Å²) in [6.45, 7) is 12.7. The van der Waals surface area contributed by atoms with Gasteiger partial charge in [0.1, 0.15) is 0 Å². The molecule has 0 saturated heterocycles. The maximum absolute atomic E-state index is 4.58. The number of hydrogen-bond donors (Lipinski definition) is 1. The van der Waals surface area contributed by atoms with Crippen LogP contribution in [0.4, 0.5) is 5.95 Å². The minimum atomic E-state index is 0.581. The van der Waals surface area contributed by atoms with E-state index in [1.807, 2.05) is 6.92 Å². The number of anilines is 1. The number of nitrogens with zero attached hydrogens (tertiary/aromatic N) is 2. The van der Waals surface area contributed by atoms with Crippen molar-refractivity contribution >= 4 is 5.95 Å². The summed E-state index contributed by atoms with van der Waals surface area (Å²) in [5, 5.41) is 3.44. The molecule has 114 valence electrons. The summed E-state index contributed by atoms with van der Waals surface area (Å²) >= 11 is 0. The molecule has 0 unspecified atom stereocenters. The van der Waals surface area contributed by atoms with Crippen molar-refractivity contribution < 1.29 is 0 Å². The van der Waals surface area contributed by atoms with Crippen LogP contribution < -0.4 is 5.32 Å². The quantitative estimate of drug-likeness (QED) is 0.851. The molecule has 3 heteroatoms. The molecule has 1 aromatic carbocycles. The van der Waals surface area contributed by atoms with Gasteiger partial charge in [0.15, 0.2) is 0 Å². The summed E-state index contributed by atoms with van der Waals surface area (Å²) < 4.78 is 2.20. The van der Waals surface area contributed by atoms with Gasteiger partial charge in [-0.25, -0.2) is 4.98 Å². The summed E-state index contributed by atoms with van der Waals surface area (Å²) in [5.41, 5.74) is 3.75. The number of hydrogen-bond acceptors (Lipinski definition) is 2. The normalized spacial score (nSPS) is 11.4. The van der Waals surface area contributed by atoms with E-state index in [9.17, 15) is 0 Å². The molecule has 1 N–H and O–H groups in total. The third-order valence-corrected chi connectivity index (χ3v) is 3.56. The Labute approximate surface area is 128 Å². The van der Waals surface area contributed by atoms with E-state index in [0.29, 0.717) is 11.8 Å². The molecule has 0 atom stereocenters. The second kappa shape index (κ2) is 6.79. The van der Waals surface area contributed by atoms with E-state index in [1.54, 1.807) is 0 Å². The molecule has 2 aromatic rings. The van der Waals surface area contributed by atoms with Gasteiger partial charge < -0.3 is 9.88 Å². The third-order valence-electron chi connectivity index (χ3n) is 3.56. The number of aromatic nitrogens is 2. The molecule has 1 aromatic heterocycles. The van der Waals surface area contributed by atoms with E-state index in [1.165, 1.54) is 11.1 Å². The second-order valence-electron chi connectivity index (χ2n) is 6.50. The highest BCUT2D eigenvalue weighted by Crippen LogP contribution is 2.17. The molecule has 0 aliphatic rings. The smallest absolute Gasteiger partial charge is 0.203 e. The van der Waals surface area contributed by atoms with Gasteiger partial charge in [0.25, 0.3) is 0 Å². The van der Waals surface area contributed by atoms with Crippen LogP contribution in [0.15, 0.2) is 30.5 Å². The molecule has 0 radical (unpaired) electrons. The molecular formula is C18H27N3. The van der Waals surface area contributed by atoms with Crippen LogP contribution in [0.25, 0.3) is 0 Å². The minimum Gasteiger partial charge on any atom is -0.355 e. The van der Waals surface area contributed by atoms with Crippen LogP contribution in [0.3, 0.4) is 0 Å². The van der Waals surface area contributed by atoms with Crippen molar-refractivity contribution in [1.82, 2.24) is 9.55 Å². The fourth-order valence-electron chi connectivity index (χ4n) is 2.31. The maximum Gasteiger partial charge on any atom is 0.203 e. The number of imidazole rings is 1. The molecule has 0 fully saturated rings. The van der Waals surface area contributed by atoms with Crippen LogP contribution in [-0.2, 0) is 6.54 Å². The average molecular weight is 285 g/mol. The Balaban J connectivity index is 2.11. The predicted molar refractivity (Wildman–Crippen MR) is 89.9 cm³/mol. The highest BCUT2D eigenvalue weighted by atomic mass is 15.2. The van der Waals surface area contributed by atoms with Gasteiger partial charge in [-0.2, -0.15) is 0 Å². The fraction of sp³-hybridized carbons (Fsp3) is 0.500. The highest BCUT2D eigenvalue weighted by molar-refractivity contribution is 5.31. The molecular weight excluding hydrogens is 258 g/mol. The number of benzene rings is 1. The van der Waals surface area contributed by atoms with Crippen LogP contribution >= 0.6 is 0 Å². The Kier molecular flexibility index (Phi) is 5.05. The third kappa shape index (κ3) is 4.35. The minimum absolute atomic E-state index is 0.581. The lowest BCUT2D eigenvalue weighted by Crippen LogP contribution is -2.13. The lowest BCUT2D eigenvalue weighted by Gasteiger charge is -2.12. The number of rotatable bonds is 6. The van der Waals surface area contributed by atoms with Crippen LogP contribution in [0, 0.1) is 12.8 Å². The van der Waals surface area contributed by atoms with E-state index in [-0.39, 0.29) is 0 Å². The van der Waals surface area contributed by atoms with Gasteiger partial charge in [-0.15, -0.1) is 0 Å². The lowest BCUT2D eigenvalue weighted by molar-refractivity contribution is 0.676. The van der Waals surface area contributed by atoms with Crippen molar-refractivity contribution in [2.75, 3.05) is 11.9 Å². The number of aryl methyl sites for hydroxylation is 1. The van der Waals surface area contributed by atoms with Crippen LogP contribution in [0.2, 0.25) is 0 Å². The van der Waals surface area contributed by atoms with Gasteiger partial charge in [0.2, 0.25) is 5.95 Å². The Morgan fingerprint density at radius 2 is 1.76 bits per heavy atom. The van der Waals surface area contributed by atoms with Gasteiger partial charge in [0, 0.05) is 12.7 Å². The Morgan fingerprint density at radius 3 is 2.33 bits per heavy atom. The summed E-state index contributed by atoms with van der Waals surface area (Å²) in [6.07, 6.45) is 2.11. The molecule has 0 amide bonds. The first kappa shape index (κ1) is 15.6. The first-order valence-corrected chi connectivity index (χ1v) is 7.82. The van der Waals surface area contributed by atoms with Crippen LogP contribution in [-0.4, -0.2) is 16.1 Å². The van der Waals surface area contributed by atoms with Crippen LogP contribution in [0.1, 0.15) is 50.4 Å². The molecule has 2 rings (SSSR count). The van der Waals surface area contributed by atoms with E-state index >= 15 is 0 Å². The first-order valence-electron chi connectivity index (χ1n) is 7.82. The highest BCUT2D eigenvalue weighted by Gasteiger charge is 2.07. The van der Waals surface area contributed by atoms with Crippen molar-refractivity contribution in [3.05, 3.63) is 47.3 Å². The van der Waals surface area contributed by atoms with E-state index in [0.717, 1.165) is 24.7 Å². The van der Waals surface area contributed by atoms with Gasteiger partial charge in [-0.1, -0.05) is 52.0 Å². The standard InChI is InChI=1S/C18H27N3/c1-13(2)10-19-18-20-15(5)11-21(18)12-16-6-8-17(9-7-16)14(3)4/h6-9,11,13-14H,10,12H2,1-5H3,(H,19,20). The van der Waals surface area contributed by atoms with Crippen molar-refractivity contribution in [2.24, 2.45) is 5.92 Å². The van der Waals surface area contributed by atoms with Gasteiger partial charge in [-0.3, -0.25) is 0 Å². The Hall–Kier alpha value is -1.77. The summed E-state index contributed by atoms with van der Waals surface area (Å²) in [4.78, 5) is 4.58. The molecule has 3 nitrogen and oxygen atoms in total. The zero-order valence-electron chi connectivity index (χ0n) is 13.9. The SMILES string of the molecule is Cc1cn(Cc2ccc(C(C)C)cc2)c(NCC(C)C)n1. The lowest BCUT2D eigenvalue weighted by atomic mass is 10.0. The summed E-state index contributed by atoms with van der Waals surface area (Å²) in [5.74, 6) is 2.16. The second-order valence-corrected chi connectivity index (χ2v) is 6.50. The molecule has 0 aliphatic carbocycles. The predicted octanol–water partition coefficient (Wildman–Crippen LogP) is 4.43. The van der Waals surface area contributed by atoms with Crippen molar-refractivity contribution in [3.8, 4) is 0 Å². The maximum atomic E-state index is 4.58. The molecule has 21 heavy (non-hydrogen) atoms. The topological polar surface area (TPSA) is 29.9 Å². The Morgan fingerprint density at radius 1 is 1.10 bits per heavy atom. The molecule has 0 aliphatic heterocycles. The molecule has 1 heterocycles. The largest absolute Gasteiger partial charge is 0.355 e. The zero-order chi connectivity index (χ0) is 15.4. The first-order chi connectivity index (χ1) is 9.95. The molecule has 0 bridgehead atoms. The van der Waals surface area contributed by atoms with E-state index < -0.39 is 0 Å². The summed E-state index contributed by atoms with van der Waals surface area (Å²) in [6, 6.07) is 8.89. The van der Waals surface area contributed by atoms with Gasteiger partial charge in [-0.05, 0) is 29.9 Å². The zero-order valence-corrected chi connectivity index (χ0v) is 13.9. The van der Waals surface area contributed by atoms with E-state index in [2.05, 4.69) is 73.0 Å². The number of nitrogens with one attached hydrogen (secondary N) is 1. The average Bonchev–Trinajstić information content (AvgIpc) is 2.77. The summed E-state index contributed by atoms with van der Waals surface area (Å²) in [7, 11) is 0. The van der Waals surface area contributed by atoms with Crippen molar-refractivity contribution in [3.63, 3.8) is 0 Å². The Bertz CT molecular complexity index is 565. The van der Waals surface area contributed by atoms with Gasteiger partial charge >= 0.3 is 0 Å².